The van der Waals surface area contributed by atoms with Crippen LogP contribution in [0.2, 0.25) is 0 Å². The highest BCUT2D eigenvalue weighted by atomic mass is 19.4. The first-order valence-electron chi connectivity index (χ1n) is 4.55. The van der Waals surface area contributed by atoms with Crippen molar-refractivity contribution in [2.45, 2.75) is 26.8 Å². The van der Waals surface area contributed by atoms with Gasteiger partial charge in [-0.1, -0.05) is 0 Å². The van der Waals surface area contributed by atoms with E-state index in [0.29, 0.717) is 23.2 Å². The fourth-order valence-electron chi connectivity index (χ4n) is 1.35. The third-order valence-electron chi connectivity index (χ3n) is 2.12. The molecule has 0 amide bonds. The van der Waals surface area contributed by atoms with E-state index < -0.39 is 13.0 Å². The number of carbonyl (C=O) groups is 1. The summed E-state index contributed by atoms with van der Waals surface area (Å²) in [4.78, 5) is 10.6. The Labute approximate surface area is 90.0 Å². The van der Waals surface area contributed by atoms with Crippen molar-refractivity contribution < 1.29 is 22.7 Å². The molecule has 0 bridgehead atoms. The van der Waals surface area contributed by atoms with Crippen LogP contribution in [0.5, 0.6) is 0 Å². The predicted octanol–water partition coefficient (Wildman–Crippen LogP) is 1.85. The van der Waals surface area contributed by atoms with E-state index in [1.165, 1.54) is 4.68 Å². The molecule has 90 valence electrons. The number of aldehydes is 1. The van der Waals surface area contributed by atoms with Crippen LogP contribution in [0.3, 0.4) is 0 Å². The minimum atomic E-state index is -4.64. The Morgan fingerprint density at radius 2 is 2.06 bits per heavy atom. The lowest BCUT2D eigenvalue weighted by molar-refractivity contribution is -0.325. The molecule has 7 heteroatoms. The molecular weight excluding hydrogens is 225 g/mol. The summed E-state index contributed by atoms with van der Waals surface area (Å²) in [6, 6.07) is 0. The minimum absolute atomic E-state index is 0.0416. The minimum Gasteiger partial charge on any atom is -0.298 e. The number of carbonyl (C=O) groups excluding carboxylic acids is 1. The normalized spacial score (nSPS) is 11.8. The second-order valence-electron chi connectivity index (χ2n) is 3.22. The fraction of sp³-hybridized carbons (Fsp3) is 0.556. The fourth-order valence-corrected chi connectivity index (χ4v) is 1.35. The first kappa shape index (κ1) is 12.7. The summed E-state index contributed by atoms with van der Waals surface area (Å²) in [6.07, 6.45) is -4.00. The van der Waals surface area contributed by atoms with Crippen LogP contribution in [0.1, 0.15) is 21.7 Å². The second kappa shape index (κ2) is 4.65. The van der Waals surface area contributed by atoms with E-state index in [1.807, 2.05) is 0 Å². The molecule has 0 saturated carbocycles. The SMILES string of the molecule is Cc1nn(CCOC(F)(F)F)c(C)c1C=O. The lowest BCUT2D eigenvalue weighted by atomic mass is 10.2. The summed E-state index contributed by atoms with van der Waals surface area (Å²) in [7, 11) is 0. The Hall–Kier alpha value is -1.37. The first-order valence-corrected chi connectivity index (χ1v) is 4.55. The van der Waals surface area contributed by atoms with E-state index in [9.17, 15) is 18.0 Å². The van der Waals surface area contributed by atoms with Gasteiger partial charge < -0.3 is 0 Å². The molecule has 0 radical (unpaired) electrons. The lowest BCUT2D eigenvalue weighted by Gasteiger charge is -2.08. The predicted molar refractivity (Wildman–Crippen MR) is 49.1 cm³/mol. The van der Waals surface area contributed by atoms with Gasteiger partial charge >= 0.3 is 6.36 Å². The average molecular weight is 236 g/mol. The Bertz CT molecular complexity index is 385. The summed E-state index contributed by atoms with van der Waals surface area (Å²) in [5.41, 5.74) is 1.45. The van der Waals surface area contributed by atoms with Crippen LogP contribution in [-0.2, 0) is 11.3 Å². The van der Waals surface area contributed by atoms with Crippen molar-refractivity contribution in [1.29, 1.82) is 0 Å². The zero-order valence-electron chi connectivity index (χ0n) is 8.84. The number of hydrogen-bond donors (Lipinski definition) is 0. The van der Waals surface area contributed by atoms with Gasteiger partial charge in [0.25, 0.3) is 0 Å². The van der Waals surface area contributed by atoms with Gasteiger partial charge in [-0.2, -0.15) is 5.10 Å². The van der Waals surface area contributed by atoms with E-state index >= 15 is 0 Å². The maximum Gasteiger partial charge on any atom is 0.522 e. The highest BCUT2D eigenvalue weighted by molar-refractivity contribution is 5.77. The Morgan fingerprint density at radius 1 is 1.44 bits per heavy atom. The molecule has 16 heavy (non-hydrogen) atoms. The molecule has 0 saturated heterocycles. The van der Waals surface area contributed by atoms with Gasteiger partial charge in [-0.15, -0.1) is 13.2 Å². The van der Waals surface area contributed by atoms with Crippen LogP contribution in [-0.4, -0.2) is 29.0 Å². The summed E-state index contributed by atoms with van der Waals surface area (Å²) >= 11 is 0. The number of hydrogen-bond acceptors (Lipinski definition) is 3. The molecular formula is C9H11F3N2O2. The van der Waals surface area contributed by atoms with E-state index in [1.54, 1.807) is 13.8 Å². The summed E-state index contributed by atoms with van der Waals surface area (Å²) in [6.45, 7) is 2.68. The van der Waals surface area contributed by atoms with Crippen molar-refractivity contribution >= 4 is 6.29 Å². The van der Waals surface area contributed by atoms with Gasteiger partial charge in [0.2, 0.25) is 0 Å². The van der Waals surface area contributed by atoms with E-state index in [4.69, 9.17) is 0 Å². The van der Waals surface area contributed by atoms with E-state index in [0.717, 1.165) is 0 Å². The van der Waals surface area contributed by atoms with Gasteiger partial charge in [0.15, 0.2) is 6.29 Å². The number of halogens is 3. The van der Waals surface area contributed by atoms with E-state index in [-0.39, 0.29) is 6.54 Å². The van der Waals surface area contributed by atoms with Gasteiger partial charge in [-0.3, -0.25) is 14.2 Å². The molecule has 0 unspecified atom stereocenters. The monoisotopic (exact) mass is 236 g/mol. The van der Waals surface area contributed by atoms with Crippen molar-refractivity contribution in [3.63, 3.8) is 0 Å². The molecule has 0 spiro atoms. The number of alkyl halides is 3. The Balaban J connectivity index is 2.65. The quantitative estimate of drug-likeness (QED) is 0.749. The summed E-state index contributed by atoms with van der Waals surface area (Å²) in [5, 5.41) is 3.94. The van der Waals surface area contributed by atoms with Gasteiger partial charge in [0.05, 0.1) is 24.4 Å². The Kier molecular flexibility index (Phi) is 3.69. The third-order valence-corrected chi connectivity index (χ3v) is 2.12. The maximum absolute atomic E-state index is 11.7. The molecule has 0 aliphatic heterocycles. The Morgan fingerprint density at radius 3 is 2.50 bits per heavy atom. The number of ether oxygens (including phenoxy) is 1. The molecule has 0 fully saturated rings. The first-order chi connectivity index (χ1) is 7.35. The second-order valence-corrected chi connectivity index (χ2v) is 3.22. The van der Waals surface area contributed by atoms with Crippen LogP contribution >= 0.6 is 0 Å². The smallest absolute Gasteiger partial charge is 0.298 e. The molecule has 1 rings (SSSR count). The standard InChI is InChI=1S/C9H11F3N2O2/c1-6-8(5-15)7(2)14(13-6)3-4-16-9(10,11)12/h5H,3-4H2,1-2H3. The van der Waals surface area contributed by atoms with Gasteiger partial charge in [0.1, 0.15) is 0 Å². The number of rotatable bonds is 4. The van der Waals surface area contributed by atoms with Crippen LogP contribution < -0.4 is 0 Å². The largest absolute Gasteiger partial charge is 0.522 e. The highest BCUT2D eigenvalue weighted by Crippen LogP contribution is 2.16. The van der Waals surface area contributed by atoms with Crippen molar-refractivity contribution in [2.75, 3.05) is 6.61 Å². The maximum atomic E-state index is 11.7. The molecule has 0 aliphatic rings. The zero-order chi connectivity index (χ0) is 12.3. The molecule has 0 N–H and O–H groups in total. The van der Waals surface area contributed by atoms with Gasteiger partial charge in [-0.25, -0.2) is 0 Å². The highest BCUT2D eigenvalue weighted by Gasteiger charge is 2.28. The molecule has 1 heterocycles. The summed E-state index contributed by atoms with van der Waals surface area (Å²) < 4.78 is 40.1. The molecule has 0 atom stereocenters. The van der Waals surface area contributed by atoms with Crippen molar-refractivity contribution in [3.8, 4) is 0 Å². The van der Waals surface area contributed by atoms with Gasteiger partial charge in [0, 0.05) is 5.69 Å². The average Bonchev–Trinajstić information content (AvgIpc) is 2.40. The van der Waals surface area contributed by atoms with Crippen LogP contribution in [0.25, 0.3) is 0 Å². The zero-order valence-corrected chi connectivity index (χ0v) is 8.84. The van der Waals surface area contributed by atoms with Crippen LogP contribution in [0.15, 0.2) is 0 Å². The molecule has 1 aromatic heterocycles. The lowest BCUT2D eigenvalue weighted by Crippen LogP contribution is -2.18. The molecule has 0 aliphatic carbocycles. The topological polar surface area (TPSA) is 44.1 Å². The van der Waals surface area contributed by atoms with Crippen LogP contribution in [0, 0.1) is 13.8 Å². The number of aromatic nitrogens is 2. The van der Waals surface area contributed by atoms with Crippen molar-refractivity contribution in [3.05, 3.63) is 17.0 Å². The molecule has 0 aromatic carbocycles. The molecule has 1 aromatic rings. The van der Waals surface area contributed by atoms with Crippen molar-refractivity contribution in [1.82, 2.24) is 9.78 Å². The third kappa shape index (κ3) is 3.06. The van der Waals surface area contributed by atoms with E-state index in [2.05, 4.69) is 9.84 Å². The number of nitrogens with zero attached hydrogens (tertiary/aromatic N) is 2. The summed E-state index contributed by atoms with van der Waals surface area (Å²) in [5.74, 6) is 0. The van der Waals surface area contributed by atoms with Crippen LogP contribution in [0.4, 0.5) is 13.2 Å². The molecule has 4 nitrogen and oxygen atoms in total. The number of aryl methyl sites for hydroxylation is 1. The van der Waals surface area contributed by atoms with Crippen molar-refractivity contribution in [2.24, 2.45) is 0 Å². The van der Waals surface area contributed by atoms with Gasteiger partial charge in [-0.05, 0) is 13.8 Å².